The zero-order chi connectivity index (χ0) is 15.0. The first-order chi connectivity index (χ1) is 10.0. The van der Waals surface area contributed by atoms with Gasteiger partial charge < -0.3 is 10.5 Å². The van der Waals surface area contributed by atoms with Crippen LogP contribution in [0.4, 0.5) is 8.78 Å². The summed E-state index contributed by atoms with van der Waals surface area (Å²) in [5.41, 5.74) is 6.37. The average Bonchev–Trinajstić information content (AvgIpc) is 2.46. The number of nitrogens with two attached hydrogens (primary N) is 1. The summed E-state index contributed by atoms with van der Waals surface area (Å²) in [6, 6.07) is 6.62. The molecule has 2 aromatic rings. The lowest BCUT2D eigenvalue weighted by Gasteiger charge is -2.25. The number of hydrogen-bond donors (Lipinski definition) is 1. The Morgan fingerprint density at radius 2 is 2.10 bits per heavy atom. The molecule has 0 fully saturated rings. The highest BCUT2D eigenvalue weighted by Crippen LogP contribution is 2.34. The number of carbonyl (C=O) groups is 1. The highest BCUT2D eigenvalue weighted by atomic mass is 19.1. The van der Waals surface area contributed by atoms with Gasteiger partial charge in [0.15, 0.2) is 0 Å². The summed E-state index contributed by atoms with van der Waals surface area (Å²) in [5, 5.41) is 0. The van der Waals surface area contributed by atoms with E-state index in [9.17, 15) is 13.6 Å². The first-order valence-electron chi connectivity index (χ1n) is 6.46. The van der Waals surface area contributed by atoms with Gasteiger partial charge >= 0.3 is 0 Å². The average molecular weight is 290 g/mol. The lowest BCUT2D eigenvalue weighted by molar-refractivity contribution is 0.0991. The molecule has 4 nitrogen and oxygen atoms in total. The molecule has 2 N–H and O–H groups in total. The molecule has 0 aliphatic carbocycles. The van der Waals surface area contributed by atoms with Gasteiger partial charge in [-0.15, -0.1) is 0 Å². The maximum atomic E-state index is 13.8. The minimum absolute atomic E-state index is 0.0916. The van der Waals surface area contributed by atoms with Crippen molar-refractivity contribution in [3.63, 3.8) is 0 Å². The maximum Gasteiger partial charge on any atom is 0.267 e. The number of benzene rings is 1. The second kappa shape index (κ2) is 5.12. The number of hydrogen-bond acceptors (Lipinski definition) is 3. The molecule has 1 aromatic heterocycles. The molecule has 0 spiro atoms. The second-order valence-electron chi connectivity index (χ2n) is 4.84. The summed E-state index contributed by atoms with van der Waals surface area (Å²) in [4.78, 5) is 15.2. The molecular weight excluding hydrogens is 278 g/mol. The SMILES string of the molecule is NC(=O)c1ccc2c(n1)OC(c1ccc(F)cc1F)CC2. The van der Waals surface area contributed by atoms with Crippen molar-refractivity contribution in [2.75, 3.05) is 0 Å². The molecule has 1 aliphatic rings. The van der Waals surface area contributed by atoms with E-state index in [4.69, 9.17) is 10.5 Å². The van der Waals surface area contributed by atoms with E-state index in [-0.39, 0.29) is 17.1 Å². The van der Waals surface area contributed by atoms with Gasteiger partial charge in [0.05, 0.1) is 0 Å². The van der Waals surface area contributed by atoms with Gasteiger partial charge in [0, 0.05) is 17.2 Å². The Labute approximate surface area is 119 Å². The van der Waals surface area contributed by atoms with Crippen molar-refractivity contribution in [1.82, 2.24) is 4.98 Å². The van der Waals surface area contributed by atoms with E-state index < -0.39 is 23.6 Å². The Hall–Kier alpha value is -2.50. The molecule has 21 heavy (non-hydrogen) atoms. The summed E-state index contributed by atoms with van der Waals surface area (Å²) in [5.74, 6) is -1.68. The van der Waals surface area contributed by atoms with Crippen LogP contribution in [0.3, 0.4) is 0 Å². The normalized spacial score (nSPS) is 17.0. The number of pyridine rings is 1. The Morgan fingerprint density at radius 1 is 1.29 bits per heavy atom. The molecule has 0 radical (unpaired) electrons. The van der Waals surface area contributed by atoms with Crippen molar-refractivity contribution in [3.05, 3.63) is 58.8 Å². The van der Waals surface area contributed by atoms with E-state index in [2.05, 4.69) is 4.98 Å². The number of amides is 1. The third-order valence-corrected chi connectivity index (χ3v) is 3.43. The van der Waals surface area contributed by atoms with Crippen LogP contribution < -0.4 is 10.5 Å². The second-order valence-corrected chi connectivity index (χ2v) is 4.84. The molecule has 108 valence electrons. The number of ether oxygens (including phenoxy) is 1. The molecular formula is C15H12F2N2O2. The molecule has 0 bridgehead atoms. The van der Waals surface area contributed by atoms with E-state index in [0.717, 1.165) is 11.6 Å². The van der Waals surface area contributed by atoms with Gasteiger partial charge in [-0.1, -0.05) is 6.07 Å². The van der Waals surface area contributed by atoms with Crippen molar-refractivity contribution >= 4 is 5.91 Å². The van der Waals surface area contributed by atoms with Gasteiger partial charge in [0.25, 0.3) is 5.91 Å². The predicted octanol–water partition coefficient (Wildman–Crippen LogP) is 2.53. The van der Waals surface area contributed by atoms with Crippen LogP contribution in [0.25, 0.3) is 0 Å². The van der Waals surface area contributed by atoms with Crippen LogP contribution in [0.15, 0.2) is 30.3 Å². The van der Waals surface area contributed by atoms with Crippen LogP contribution >= 0.6 is 0 Å². The summed E-state index contributed by atoms with van der Waals surface area (Å²) in [7, 11) is 0. The van der Waals surface area contributed by atoms with Crippen LogP contribution in [0, 0.1) is 11.6 Å². The Bertz CT molecular complexity index is 719. The number of aryl methyl sites for hydroxylation is 1. The standard InChI is InChI=1S/C15H12F2N2O2/c16-9-3-4-10(11(17)7-9)13-6-2-8-1-5-12(14(18)20)19-15(8)21-13/h1,3-5,7,13H,2,6H2,(H2,18,20). The fraction of sp³-hybridized carbons (Fsp3) is 0.200. The highest BCUT2D eigenvalue weighted by Gasteiger charge is 2.25. The first kappa shape index (κ1) is 13.5. The molecule has 1 aromatic carbocycles. The number of aromatic nitrogens is 1. The van der Waals surface area contributed by atoms with Gasteiger partial charge in [-0.3, -0.25) is 4.79 Å². The first-order valence-corrected chi connectivity index (χ1v) is 6.46. The topological polar surface area (TPSA) is 65.2 Å². The largest absolute Gasteiger partial charge is 0.469 e. The summed E-state index contributed by atoms with van der Waals surface area (Å²) >= 11 is 0. The van der Waals surface area contributed by atoms with Crippen molar-refractivity contribution in [1.29, 1.82) is 0 Å². The molecule has 1 aliphatic heterocycles. The molecule has 0 saturated carbocycles. The fourth-order valence-corrected chi connectivity index (χ4v) is 2.36. The lowest BCUT2D eigenvalue weighted by atomic mass is 9.98. The Morgan fingerprint density at radius 3 is 2.81 bits per heavy atom. The monoisotopic (exact) mass is 290 g/mol. The van der Waals surface area contributed by atoms with E-state index in [1.807, 2.05) is 0 Å². The minimum Gasteiger partial charge on any atom is -0.469 e. The van der Waals surface area contributed by atoms with Crippen molar-refractivity contribution in [3.8, 4) is 5.88 Å². The number of fused-ring (bicyclic) bond motifs is 1. The van der Waals surface area contributed by atoms with Gasteiger partial charge in [0.1, 0.15) is 23.4 Å². The van der Waals surface area contributed by atoms with E-state index in [1.165, 1.54) is 18.2 Å². The van der Waals surface area contributed by atoms with Gasteiger partial charge in [-0.05, 0) is 31.0 Å². The van der Waals surface area contributed by atoms with Gasteiger partial charge in [-0.2, -0.15) is 0 Å². The molecule has 6 heteroatoms. The Kier molecular flexibility index (Phi) is 3.29. The lowest BCUT2D eigenvalue weighted by Crippen LogP contribution is -2.20. The number of nitrogens with zero attached hydrogens (tertiary/aromatic N) is 1. The Balaban J connectivity index is 1.92. The molecule has 1 amide bonds. The van der Waals surface area contributed by atoms with E-state index in [0.29, 0.717) is 12.8 Å². The minimum atomic E-state index is -0.658. The molecule has 3 rings (SSSR count). The third kappa shape index (κ3) is 2.56. The summed E-state index contributed by atoms with van der Waals surface area (Å²) < 4.78 is 32.4. The summed E-state index contributed by atoms with van der Waals surface area (Å²) in [6.45, 7) is 0. The van der Waals surface area contributed by atoms with Crippen LogP contribution in [0.1, 0.15) is 34.1 Å². The molecule has 2 heterocycles. The van der Waals surface area contributed by atoms with Crippen molar-refractivity contribution in [2.45, 2.75) is 18.9 Å². The number of halogens is 2. The quantitative estimate of drug-likeness (QED) is 0.924. The van der Waals surface area contributed by atoms with E-state index in [1.54, 1.807) is 6.07 Å². The van der Waals surface area contributed by atoms with Crippen molar-refractivity contribution < 1.29 is 18.3 Å². The zero-order valence-electron chi connectivity index (χ0n) is 11.0. The number of rotatable bonds is 2. The van der Waals surface area contributed by atoms with Gasteiger partial charge in [0.2, 0.25) is 5.88 Å². The van der Waals surface area contributed by atoms with E-state index >= 15 is 0 Å². The third-order valence-electron chi connectivity index (χ3n) is 3.43. The number of primary amides is 1. The predicted molar refractivity (Wildman–Crippen MR) is 70.8 cm³/mol. The number of carbonyl (C=O) groups excluding carboxylic acids is 1. The van der Waals surface area contributed by atoms with Crippen LogP contribution in [-0.2, 0) is 6.42 Å². The van der Waals surface area contributed by atoms with Crippen LogP contribution in [-0.4, -0.2) is 10.9 Å². The van der Waals surface area contributed by atoms with Crippen molar-refractivity contribution in [2.24, 2.45) is 5.73 Å². The maximum absolute atomic E-state index is 13.8. The van der Waals surface area contributed by atoms with Gasteiger partial charge in [-0.25, -0.2) is 13.8 Å². The molecule has 1 unspecified atom stereocenters. The fourth-order valence-electron chi connectivity index (χ4n) is 2.36. The summed E-state index contributed by atoms with van der Waals surface area (Å²) in [6.07, 6.45) is 0.615. The zero-order valence-corrected chi connectivity index (χ0v) is 11.0. The highest BCUT2D eigenvalue weighted by molar-refractivity contribution is 5.90. The molecule has 0 saturated heterocycles. The van der Waals surface area contributed by atoms with Crippen LogP contribution in [0.5, 0.6) is 5.88 Å². The smallest absolute Gasteiger partial charge is 0.267 e. The molecule has 1 atom stereocenters. The van der Waals surface area contributed by atoms with Crippen LogP contribution in [0.2, 0.25) is 0 Å².